The normalized spacial score (nSPS) is 22.7. The molecule has 1 fully saturated rings. The standard InChI is InChI=1S/C17H15ClO9S2/c1-10-13(16(21)12-5-3-2-4-11(12)15(10)20)8-17(14(19)9-18)28(22,23)26-6-7-27-29(17,24)25/h2-5H,6-9H2,1H3. The van der Waals surface area contributed by atoms with E-state index in [9.17, 15) is 31.2 Å². The van der Waals surface area contributed by atoms with Crippen molar-refractivity contribution in [2.75, 3.05) is 19.1 Å². The van der Waals surface area contributed by atoms with Gasteiger partial charge in [-0.15, -0.1) is 11.6 Å². The highest BCUT2D eigenvalue weighted by atomic mass is 35.5. The minimum atomic E-state index is -5.13. The molecule has 1 aromatic rings. The molecule has 12 heteroatoms. The minimum Gasteiger partial charge on any atom is -0.295 e. The van der Waals surface area contributed by atoms with Crippen LogP contribution in [0.25, 0.3) is 0 Å². The molecule has 0 aromatic heterocycles. The molecule has 0 spiro atoms. The second-order valence-corrected chi connectivity index (χ2v) is 10.6. The molecular formula is C17H15ClO9S2. The summed E-state index contributed by atoms with van der Waals surface area (Å²) in [6.45, 7) is -0.0404. The summed E-state index contributed by atoms with van der Waals surface area (Å²) < 4.78 is 57.1. The van der Waals surface area contributed by atoms with Crippen LogP contribution in [0.5, 0.6) is 0 Å². The first kappa shape index (κ1) is 21.8. The van der Waals surface area contributed by atoms with Crippen molar-refractivity contribution >= 4 is 49.2 Å². The van der Waals surface area contributed by atoms with Crippen molar-refractivity contribution in [3.05, 3.63) is 46.5 Å². The van der Waals surface area contributed by atoms with Crippen LogP contribution in [-0.4, -0.2) is 57.4 Å². The van der Waals surface area contributed by atoms with Gasteiger partial charge < -0.3 is 0 Å². The Morgan fingerprint density at radius 3 is 1.97 bits per heavy atom. The fourth-order valence-corrected chi connectivity index (χ4v) is 7.23. The summed E-state index contributed by atoms with van der Waals surface area (Å²) in [4.78, 5) is 38.3. The Morgan fingerprint density at radius 2 is 1.48 bits per heavy atom. The topological polar surface area (TPSA) is 138 Å². The van der Waals surface area contributed by atoms with E-state index in [4.69, 9.17) is 11.6 Å². The highest BCUT2D eigenvalue weighted by Crippen LogP contribution is 2.41. The Labute approximate surface area is 171 Å². The van der Waals surface area contributed by atoms with Crippen LogP contribution < -0.4 is 0 Å². The maximum atomic E-state index is 13.0. The van der Waals surface area contributed by atoms with E-state index in [0.717, 1.165) is 0 Å². The van der Waals surface area contributed by atoms with Crippen LogP contribution in [0.2, 0.25) is 0 Å². The first-order valence-corrected chi connectivity index (χ1v) is 11.6. The fraction of sp³-hybridized carbons (Fsp3) is 0.353. The number of halogens is 1. The molecule has 0 radical (unpaired) electrons. The molecule has 1 aliphatic carbocycles. The number of hydrogen-bond donors (Lipinski definition) is 0. The van der Waals surface area contributed by atoms with Gasteiger partial charge in [-0.25, -0.2) is 0 Å². The molecule has 1 saturated heterocycles. The molecule has 29 heavy (non-hydrogen) atoms. The van der Waals surface area contributed by atoms with E-state index >= 15 is 0 Å². The Kier molecular flexibility index (Phi) is 5.56. The van der Waals surface area contributed by atoms with Gasteiger partial charge in [0.15, 0.2) is 17.3 Å². The largest absolute Gasteiger partial charge is 0.298 e. The number of hydrogen-bond acceptors (Lipinski definition) is 9. The molecule has 9 nitrogen and oxygen atoms in total. The van der Waals surface area contributed by atoms with Crippen LogP contribution in [0, 0.1) is 0 Å². The summed E-state index contributed by atoms with van der Waals surface area (Å²) in [7, 11) is -10.3. The molecule has 0 amide bonds. The summed E-state index contributed by atoms with van der Waals surface area (Å²) in [6, 6.07) is 5.80. The molecule has 0 atom stereocenters. The second-order valence-electron chi connectivity index (χ2n) is 6.35. The molecule has 3 rings (SSSR count). The fourth-order valence-electron chi connectivity index (χ4n) is 3.26. The average molecular weight is 463 g/mol. The molecule has 0 saturated carbocycles. The second kappa shape index (κ2) is 7.40. The Morgan fingerprint density at radius 1 is 1.00 bits per heavy atom. The number of rotatable bonds is 4. The summed E-state index contributed by atoms with van der Waals surface area (Å²) in [6.07, 6.45) is -1.16. The van der Waals surface area contributed by atoms with Gasteiger partial charge in [-0.2, -0.15) is 16.8 Å². The van der Waals surface area contributed by atoms with E-state index < -0.39 is 72.8 Å². The molecule has 0 N–H and O–H groups in total. The number of alkyl halides is 1. The van der Waals surface area contributed by atoms with Gasteiger partial charge in [-0.3, -0.25) is 22.7 Å². The summed E-state index contributed by atoms with van der Waals surface area (Å²) in [5.74, 6) is -3.81. The minimum absolute atomic E-state index is 0.0307. The highest BCUT2D eigenvalue weighted by Gasteiger charge is 2.64. The van der Waals surface area contributed by atoms with E-state index in [1.54, 1.807) is 6.07 Å². The number of carbonyl (C=O) groups is 3. The lowest BCUT2D eigenvalue weighted by atomic mass is 9.82. The van der Waals surface area contributed by atoms with Crippen LogP contribution in [0.1, 0.15) is 34.1 Å². The zero-order chi connectivity index (χ0) is 21.6. The maximum Gasteiger partial charge on any atom is 0.298 e. The van der Waals surface area contributed by atoms with Crippen molar-refractivity contribution in [1.82, 2.24) is 0 Å². The van der Waals surface area contributed by atoms with Crippen molar-refractivity contribution < 1.29 is 39.6 Å². The van der Waals surface area contributed by atoms with Crippen LogP contribution in [0.4, 0.5) is 0 Å². The van der Waals surface area contributed by atoms with E-state index in [1.807, 2.05) is 0 Å². The first-order chi connectivity index (χ1) is 13.5. The molecule has 0 bridgehead atoms. The van der Waals surface area contributed by atoms with Crippen LogP contribution in [-0.2, 0) is 33.4 Å². The third-order valence-electron chi connectivity index (χ3n) is 4.81. The molecule has 0 unspecified atom stereocenters. The van der Waals surface area contributed by atoms with Gasteiger partial charge in [0, 0.05) is 28.7 Å². The molecule has 1 aromatic carbocycles. The number of allylic oxidation sites excluding steroid dienone is 2. The van der Waals surface area contributed by atoms with Gasteiger partial charge >= 0.3 is 0 Å². The maximum absolute atomic E-state index is 13.0. The lowest BCUT2D eigenvalue weighted by molar-refractivity contribution is -0.117. The lowest BCUT2D eigenvalue weighted by Gasteiger charge is -2.29. The van der Waals surface area contributed by atoms with E-state index in [0.29, 0.717) is 0 Å². The zero-order valence-electron chi connectivity index (χ0n) is 15.0. The Bertz CT molecular complexity index is 1130. The molecular weight excluding hydrogens is 448 g/mol. The third kappa shape index (κ3) is 3.17. The van der Waals surface area contributed by atoms with Gasteiger partial charge in [0.05, 0.1) is 19.1 Å². The Balaban J connectivity index is 2.28. The van der Waals surface area contributed by atoms with E-state index in [-0.39, 0.29) is 16.7 Å². The van der Waals surface area contributed by atoms with Crippen LogP contribution in [0.15, 0.2) is 35.4 Å². The summed E-state index contributed by atoms with van der Waals surface area (Å²) in [5, 5.41) is 0. The number of benzene rings is 1. The molecule has 2 aliphatic rings. The Hall–Kier alpha value is -1.92. The van der Waals surface area contributed by atoms with Gasteiger partial charge in [-0.05, 0) is 6.92 Å². The molecule has 1 aliphatic heterocycles. The predicted molar refractivity (Wildman–Crippen MR) is 101 cm³/mol. The van der Waals surface area contributed by atoms with E-state index in [2.05, 4.69) is 8.37 Å². The van der Waals surface area contributed by atoms with Gasteiger partial charge in [0.25, 0.3) is 24.3 Å². The average Bonchev–Trinajstić information content (AvgIpc) is 2.77. The smallest absolute Gasteiger partial charge is 0.295 e. The van der Waals surface area contributed by atoms with E-state index in [1.165, 1.54) is 25.1 Å². The number of carbonyl (C=O) groups excluding carboxylic acids is 3. The molecule has 156 valence electrons. The lowest BCUT2D eigenvalue weighted by Crippen LogP contribution is -2.54. The zero-order valence-corrected chi connectivity index (χ0v) is 17.4. The summed E-state index contributed by atoms with van der Waals surface area (Å²) in [5.41, 5.74) is -0.550. The van der Waals surface area contributed by atoms with Crippen LogP contribution >= 0.6 is 11.6 Å². The number of fused-ring (bicyclic) bond motifs is 1. The van der Waals surface area contributed by atoms with Crippen LogP contribution in [0.3, 0.4) is 0 Å². The molecule has 1 heterocycles. The number of ketones is 3. The predicted octanol–water partition coefficient (Wildman–Crippen LogP) is 0.983. The van der Waals surface area contributed by atoms with Gasteiger partial charge in [0.1, 0.15) is 0 Å². The third-order valence-corrected chi connectivity index (χ3v) is 9.59. The van der Waals surface area contributed by atoms with Gasteiger partial charge in [-0.1, -0.05) is 24.3 Å². The van der Waals surface area contributed by atoms with Crippen molar-refractivity contribution in [3.63, 3.8) is 0 Å². The highest BCUT2D eigenvalue weighted by molar-refractivity contribution is 8.07. The van der Waals surface area contributed by atoms with Crippen molar-refractivity contribution in [2.24, 2.45) is 0 Å². The SMILES string of the molecule is CC1=C(CC2(C(=O)CCl)S(=O)(=O)OCCOS2(=O)=O)C(=O)c2ccccc2C1=O. The van der Waals surface area contributed by atoms with Gasteiger partial charge in [0.2, 0.25) is 0 Å². The summed E-state index contributed by atoms with van der Waals surface area (Å²) >= 11 is 5.53. The quantitative estimate of drug-likeness (QED) is 0.473. The first-order valence-electron chi connectivity index (χ1n) is 8.25. The van der Waals surface area contributed by atoms with Crippen molar-refractivity contribution in [2.45, 2.75) is 17.4 Å². The monoisotopic (exact) mass is 462 g/mol. The van der Waals surface area contributed by atoms with Crippen molar-refractivity contribution in [3.8, 4) is 0 Å². The number of Topliss-reactive ketones (excluding diaryl/α,β-unsaturated/α-hetero) is 3. The van der Waals surface area contributed by atoms with Crippen molar-refractivity contribution in [1.29, 1.82) is 0 Å².